The molecule has 0 saturated carbocycles. The highest BCUT2D eigenvalue weighted by atomic mass is 16.6. The fraction of sp³-hybridized carbons (Fsp3) is 0.560. The van der Waals surface area contributed by atoms with Gasteiger partial charge in [-0.05, 0) is 45.2 Å². The van der Waals surface area contributed by atoms with Gasteiger partial charge in [0.05, 0.1) is 18.2 Å². The van der Waals surface area contributed by atoms with Crippen LogP contribution in [0, 0.1) is 0 Å². The lowest BCUT2D eigenvalue weighted by molar-refractivity contribution is -0.139. The number of ether oxygens (including phenoxy) is 2. The Balaban J connectivity index is 1.79. The number of aryl methyl sites for hydroxylation is 1. The van der Waals surface area contributed by atoms with E-state index in [1.54, 1.807) is 11.8 Å². The van der Waals surface area contributed by atoms with Crippen LogP contribution in [0.3, 0.4) is 0 Å². The summed E-state index contributed by atoms with van der Waals surface area (Å²) >= 11 is 0. The minimum atomic E-state index is -0.600. The van der Waals surface area contributed by atoms with Crippen molar-refractivity contribution in [1.29, 1.82) is 0 Å². The third-order valence-electron chi connectivity index (χ3n) is 5.78. The average molecular weight is 473 g/mol. The smallest absolute Gasteiger partial charge is 0.410 e. The van der Waals surface area contributed by atoms with Gasteiger partial charge in [-0.2, -0.15) is 0 Å². The maximum atomic E-state index is 13.0. The van der Waals surface area contributed by atoms with E-state index in [9.17, 15) is 14.4 Å². The number of hydrogen-bond acceptors (Lipinski definition) is 6. The molecule has 2 heterocycles. The molecule has 1 aromatic carbocycles. The molecule has 34 heavy (non-hydrogen) atoms. The number of esters is 1. The Kier molecular flexibility index (Phi) is 8.19. The monoisotopic (exact) mass is 472 g/mol. The molecule has 0 bridgehead atoms. The number of piperazine rings is 1. The van der Waals surface area contributed by atoms with Crippen LogP contribution in [0.1, 0.15) is 51.8 Å². The fourth-order valence-electron chi connectivity index (χ4n) is 4.03. The molecule has 0 radical (unpaired) electrons. The number of benzene rings is 1. The van der Waals surface area contributed by atoms with Crippen molar-refractivity contribution >= 4 is 18.1 Å². The van der Waals surface area contributed by atoms with Gasteiger partial charge in [0, 0.05) is 38.4 Å². The number of rotatable bonds is 6. The van der Waals surface area contributed by atoms with Gasteiger partial charge >= 0.3 is 18.1 Å². The predicted octanol–water partition coefficient (Wildman–Crippen LogP) is 2.97. The highest BCUT2D eigenvalue weighted by Gasteiger charge is 2.35. The maximum Gasteiger partial charge on any atom is 0.410 e. The van der Waals surface area contributed by atoms with Crippen molar-refractivity contribution in [1.82, 2.24) is 20.4 Å². The fourth-order valence-corrected chi connectivity index (χ4v) is 4.03. The first-order chi connectivity index (χ1) is 16.1. The lowest BCUT2D eigenvalue weighted by atomic mass is 9.94. The summed E-state index contributed by atoms with van der Waals surface area (Å²) in [5.41, 5.74) is 2.38. The van der Waals surface area contributed by atoms with Gasteiger partial charge in [0.15, 0.2) is 0 Å². The summed E-state index contributed by atoms with van der Waals surface area (Å²) in [6.07, 6.45) is 0.573. The minimum Gasteiger partial charge on any atom is -0.463 e. The first kappa shape index (κ1) is 25.6. The molecule has 3 amide bonds. The highest BCUT2D eigenvalue weighted by molar-refractivity contribution is 5.95. The first-order valence-corrected chi connectivity index (χ1v) is 11.9. The van der Waals surface area contributed by atoms with Crippen LogP contribution in [0.25, 0.3) is 0 Å². The molecule has 1 aromatic rings. The normalized spacial score (nSPS) is 19.4. The van der Waals surface area contributed by atoms with Crippen molar-refractivity contribution in [3.8, 4) is 0 Å². The zero-order chi connectivity index (χ0) is 24.9. The topological polar surface area (TPSA) is 100 Å². The maximum absolute atomic E-state index is 13.0. The van der Waals surface area contributed by atoms with Crippen molar-refractivity contribution in [3.63, 3.8) is 0 Å². The number of amides is 3. The molecule has 2 N–H and O–H groups in total. The number of nitrogens with zero attached hydrogens (tertiary/aromatic N) is 2. The zero-order valence-electron chi connectivity index (χ0n) is 20.8. The van der Waals surface area contributed by atoms with Gasteiger partial charge in [0.2, 0.25) is 0 Å². The molecule has 2 aliphatic rings. The van der Waals surface area contributed by atoms with E-state index in [1.807, 2.05) is 45.0 Å². The van der Waals surface area contributed by atoms with Gasteiger partial charge in [-0.25, -0.2) is 14.4 Å². The van der Waals surface area contributed by atoms with E-state index in [0.29, 0.717) is 44.0 Å². The molecule has 2 aliphatic heterocycles. The first-order valence-electron chi connectivity index (χ1n) is 11.9. The van der Waals surface area contributed by atoms with E-state index < -0.39 is 17.6 Å². The summed E-state index contributed by atoms with van der Waals surface area (Å²) in [5.74, 6) is -0.457. The Labute approximate surface area is 201 Å². The van der Waals surface area contributed by atoms with Crippen molar-refractivity contribution in [2.24, 2.45) is 0 Å². The van der Waals surface area contributed by atoms with Crippen LogP contribution in [-0.4, -0.2) is 72.8 Å². The molecule has 0 aromatic heterocycles. The molecular weight excluding hydrogens is 436 g/mol. The largest absolute Gasteiger partial charge is 0.463 e. The summed E-state index contributed by atoms with van der Waals surface area (Å²) in [7, 11) is 0. The molecule has 9 nitrogen and oxygen atoms in total. The summed E-state index contributed by atoms with van der Waals surface area (Å²) in [6, 6.07) is 6.91. The second kappa shape index (κ2) is 10.9. The Morgan fingerprint density at radius 2 is 1.71 bits per heavy atom. The SMILES string of the molecule is CCOC(=O)C1=C(CN2CCN(C(=O)OC(C)(C)C)CC2)NC(=O)NC1c1ccc(CC)cc1. The van der Waals surface area contributed by atoms with Gasteiger partial charge in [-0.15, -0.1) is 0 Å². The molecule has 186 valence electrons. The highest BCUT2D eigenvalue weighted by Crippen LogP contribution is 2.29. The third kappa shape index (κ3) is 6.50. The standard InChI is InChI=1S/C25H36N4O5/c1-6-17-8-10-18(11-9-17)21-20(22(30)33-7-2)19(26-23(31)27-21)16-28-12-14-29(15-13-28)24(32)34-25(3,4)5/h8-11,21H,6-7,12-16H2,1-5H3,(H2,26,27,31). The van der Waals surface area contributed by atoms with Gasteiger partial charge in [0.25, 0.3) is 0 Å². The van der Waals surface area contributed by atoms with Crippen molar-refractivity contribution < 1.29 is 23.9 Å². The molecule has 0 aliphatic carbocycles. The molecule has 9 heteroatoms. The van der Waals surface area contributed by atoms with Gasteiger partial charge < -0.3 is 25.0 Å². The van der Waals surface area contributed by atoms with Crippen LogP contribution in [0.4, 0.5) is 9.59 Å². The van der Waals surface area contributed by atoms with Crippen LogP contribution < -0.4 is 10.6 Å². The van der Waals surface area contributed by atoms with Crippen LogP contribution in [-0.2, 0) is 20.7 Å². The van der Waals surface area contributed by atoms with E-state index in [4.69, 9.17) is 9.47 Å². The van der Waals surface area contributed by atoms with Crippen LogP contribution in [0.5, 0.6) is 0 Å². The van der Waals surface area contributed by atoms with Crippen molar-refractivity contribution in [3.05, 3.63) is 46.7 Å². The van der Waals surface area contributed by atoms with Gasteiger partial charge in [-0.3, -0.25) is 4.90 Å². The van der Waals surface area contributed by atoms with E-state index >= 15 is 0 Å². The Morgan fingerprint density at radius 3 is 2.26 bits per heavy atom. The second-order valence-corrected chi connectivity index (χ2v) is 9.48. The zero-order valence-corrected chi connectivity index (χ0v) is 20.8. The number of carbonyl (C=O) groups excluding carboxylic acids is 3. The van der Waals surface area contributed by atoms with Crippen LogP contribution in [0.2, 0.25) is 0 Å². The summed E-state index contributed by atoms with van der Waals surface area (Å²) < 4.78 is 10.8. The lowest BCUT2D eigenvalue weighted by Gasteiger charge is -2.37. The van der Waals surface area contributed by atoms with Crippen molar-refractivity contribution in [2.45, 2.75) is 52.7 Å². The molecule has 0 spiro atoms. The molecule has 1 fully saturated rings. The second-order valence-electron chi connectivity index (χ2n) is 9.48. The predicted molar refractivity (Wildman–Crippen MR) is 128 cm³/mol. The molecular formula is C25H36N4O5. The Hall–Kier alpha value is -3.07. The summed E-state index contributed by atoms with van der Waals surface area (Å²) in [5, 5.41) is 5.70. The average Bonchev–Trinajstić information content (AvgIpc) is 2.78. The molecule has 3 rings (SSSR count). The quantitative estimate of drug-likeness (QED) is 0.618. The van der Waals surface area contributed by atoms with Gasteiger partial charge in [0.1, 0.15) is 5.60 Å². The third-order valence-corrected chi connectivity index (χ3v) is 5.78. The Bertz CT molecular complexity index is 928. The van der Waals surface area contributed by atoms with E-state index in [2.05, 4.69) is 22.5 Å². The van der Waals surface area contributed by atoms with Crippen molar-refractivity contribution in [2.75, 3.05) is 39.3 Å². The van der Waals surface area contributed by atoms with E-state index in [-0.39, 0.29) is 18.7 Å². The summed E-state index contributed by atoms with van der Waals surface area (Å²) in [6.45, 7) is 12.2. The number of nitrogens with one attached hydrogen (secondary N) is 2. The minimum absolute atomic E-state index is 0.236. The molecule has 1 saturated heterocycles. The van der Waals surface area contributed by atoms with Crippen LogP contribution in [0.15, 0.2) is 35.5 Å². The van der Waals surface area contributed by atoms with Gasteiger partial charge in [-0.1, -0.05) is 31.2 Å². The number of hydrogen-bond donors (Lipinski definition) is 2. The van der Waals surface area contributed by atoms with E-state index in [1.165, 1.54) is 5.56 Å². The summed E-state index contributed by atoms with van der Waals surface area (Å²) in [4.78, 5) is 41.7. The molecule has 1 atom stereocenters. The lowest BCUT2D eigenvalue weighted by Crippen LogP contribution is -2.53. The van der Waals surface area contributed by atoms with E-state index in [0.717, 1.165) is 12.0 Å². The number of carbonyl (C=O) groups is 3. The van der Waals surface area contributed by atoms with Crippen LogP contribution >= 0.6 is 0 Å². The molecule has 1 unspecified atom stereocenters. The Morgan fingerprint density at radius 1 is 1.06 bits per heavy atom. The number of urea groups is 1.